The predicted octanol–water partition coefficient (Wildman–Crippen LogP) is 2.77. The van der Waals surface area contributed by atoms with Crippen LogP contribution in [0.25, 0.3) is 5.69 Å². The molecule has 1 heterocycles. The molecule has 0 aliphatic heterocycles. The molecule has 0 radical (unpaired) electrons. The molecule has 1 aromatic heterocycles. The van der Waals surface area contributed by atoms with Crippen LogP contribution in [0.3, 0.4) is 0 Å². The molecular weight excluding hydrogens is 342 g/mol. The first kappa shape index (κ1) is 18.5. The molecule has 0 aliphatic rings. The molecule has 0 bridgehead atoms. The summed E-state index contributed by atoms with van der Waals surface area (Å²) in [7, 11) is 5.09. The number of hydrogen-bond donors (Lipinski definition) is 0. The molecule has 0 N–H and O–H groups in total. The fraction of sp³-hybridized carbons (Fsp3) is 0.238. The summed E-state index contributed by atoms with van der Waals surface area (Å²) < 4.78 is 8.39. The van der Waals surface area contributed by atoms with Gasteiger partial charge in [-0.3, -0.25) is 14.3 Å². The molecule has 6 heteroatoms. The Balaban J connectivity index is 1.91. The van der Waals surface area contributed by atoms with E-state index in [1.165, 1.54) is 4.68 Å². The number of amides is 1. The Bertz CT molecular complexity index is 1000. The lowest BCUT2D eigenvalue weighted by molar-refractivity contribution is 0.0783. The summed E-state index contributed by atoms with van der Waals surface area (Å²) in [5, 5.41) is 0. The number of methoxy groups -OCH3 is 1. The number of carbonyl (C=O) groups excluding carboxylic acids is 1. The molecule has 1 amide bonds. The van der Waals surface area contributed by atoms with E-state index in [1.807, 2.05) is 54.6 Å². The van der Waals surface area contributed by atoms with Gasteiger partial charge in [0, 0.05) is 20.6 Å². The van der Waals surface area contributed by atoms with E-state index in [0.29, 0.717) is 12.2 Å². The van der Waals surface area contributed by atoms with Crippen LogP contribution in [0.15, 0.2) is 59.4 Å². The van der Waals surface area contributed by atoms with Crippen molar-refractivity contribution in [2.45, 2.75) is 13.5 Å². The lowest BCUT2D eigenvalue weighted by atomic mass is 10.2. The topological polar surface area (TPSA) is 56.5 Å². The van der Waals surface area contributed by atoms with Gasteiger partial charge in [0.05, 0.1) is 18.5 Å². The highest BCUT2D eigenvalue weighted by molar-refractivity contribution is 5.95. The molecule has 3 aromatic rings. The molecule has 0 unspecified atom stereocenters. The van der Waals surface area contributed by atoms with E-state index < -0.39 is 0 Å². The van der Waals surface area contributed by atoms with Gasteiger partial charge >= 0.3 is 0 Å². The molecule has 140 valence electrons. The average Bonchev–Trinajstić information content (AvgIpc) is 2.91. The highest BCUT2D eigenvalue weighted by Gasteiger charge is 2.24. The van der Waals surface area contributed by atoms with Crippen molar-refractivity contribution in [3.05, 3.63) is 81.8 Å². The van der Waals surface area contributed by atoms with Crippen molar-refractivity contribution < 1.29 is 9.53 Å². The predicted molar refractivity (Wildman–Crippen MR) is 105 cm³/mol. The smallest absolute Gasteiger partial charge is 0.284 e. The van der Waals surface area contributed by atoms with Crippen molar-refractivity contribution >= 4 is 5.91 Å². The van der Waals surface area contributed by atoms with E-state index in [0.717, 1.165) is 17.0 Å². The number of benzene rings is 2. The number of aromatic nitrogens is 2. The quantitative estimate of drug-likeness (QED) is 0.699. The van der Waals surface area contributed by atoms with E-state index in [9.17, 15) is 9.59 Å². The van der Waals surface area contributed by atoms with Gasteiger partial charge in [-0.05, 0) is 36.8 Å². The number of nitrogens with zero attached hydrogens (tertiary/aromatic N) is 3. The highest BCUT2D eigenvalue weighted by atomic mass is 16.5. The minimum absolute atomic E-state index is 0.192. The van der Waals surface area contributed by atoms with Crippen LogP contribution in [0.2, 0.25) is 0 Å². The van der Waals surface area contributed by atoms with Gasteiger partial charge in [0.25, 0.3) is 11.5 Å². The summed E-state index contributed by atoms with van der Waals surface area (Å²) in [6.45, 7) is 2.19. The van der Waals surface area contributed by atoms with Crippen molar-refractivity contribution in [2.75, 3.05) is 14.2 Å². The molecule has 0 saturated heterocycles. The SMILES string of the molecule is COc1ccc(CN(C)C(=O)c2c(C)n(C)n(-c3ccccc3)c2=O)cc1. The summed E-state index contributed by atoms with van der Waals surface area (Å²) in [6.07, 6.45) is 0. The van der Waals surface area contributed by atoms with Gasteiger partial charge < -0.3 is 9.64 Å². The Morgan fingerprint density at radius 1 is 1.07 bits per heavy atom. The number of carbonyl (C=O) groups is 1. The maximum absolute atomic E-state index is 13.0. The fourth-order valence-electron chi connectivity index (χ4n) is 3.08. The maximum atomic E-state index is 13.0. The molecule has 0 fully saturated rings. The summed E-state index contributed by atoms with van der Waals surface area (Å²) in [5.74, 6) is 0.468. The summed E-state index contributed by atoms with van der Waals surface area (Å²) in [5.41, 5.74) is 2.20. The summed E-state index contributed by atoms with van der Waals surface area (Å²) in [4.78, 5) is 27.5. The van der Waals surface area contributed by atoms with Gasteiger partial charge in [0.2, 0.25) is 0 Å². The molecule has 3 rings (SSSR count). The maximum Gasteiger partial charge on any atom is 0.284 e. The fourth-order valence-corrected chi connectivity index (χ4v) is 3.08. The first-order chi connectivity index (χ1) is 12.9. The van der Waals surface area contributed by atoms with Crippen LogP contribution < -0.4 is 10.3 Å². The monoisotopic (exact) mass is 365 g/mol. The Kier molecular flexibility index (Phi) is 5.16. The number of ether oxygens (including phenoxy) is 1. The van der Waals surface area contributed by atoms with Crippen LogP contribution in [-0.2, 0) is 13.6 Å². The number of hydrogen-bond acceptors (Lipinski definition) is 3. The molecule has 27 heavy (non-hydrogen) atoms. The van der Waals surface area contributed by atoms with Gasteiger partial charge in [-0.25, -0.2) is 4.68 Å². The Hall–Kier alpha value is -3.28. The average molecular weight is 365 g/mol. The summed E-state index contributed by atoms with van der Waals surface area (Å²) >= 11 is 0. The second-order valence-corrected chi connectivity index (χ2v) is 6.45. The second-order valence-electron chi connectivity index (χ2n) is 6.45. The second kappa shape index (κ2) is 7.53. The zero-order chi connectivity index (χ0) is 19.6. The third kappa shape index (κ3) is 3.51. The van der Waals surface area contributed by atoms with Gasteiger partial charge in [0.1, 0.15) is 11.3 Å². The summed E-state index contributed by atoms with van der Waals surface area (Å²) in [6, 6.07) is 16.8. The molecule has 0 saturated carbocycles. The van der Waals surface area contributed by atoms with Crippen LogP contribution >= 0.6 is 0 Å². The normalized spacial score (nSPS) is 10.7. The number of rotatable bonds is 5. The van der Waals surface area contributed by atoms with Crippen LogP contribution in [0.4, 0.5) is 0 Å². The van der Waals surface area contributed by atoms with Crippen molar-refractivity contribution in [3.8, 4) is 11.4 Å². The van der Waals surface area contributed by atoms with E-state index in [4.69, 9.17) is 4.74 Å². The molecule has 2 aromatic carbocycles. The van der Waals surface area contributed by atoms with Crippen LogP contribution in [-0.4, -0.2) is 34.3 Å². The van der Waals surface area contributed by atoms with Crippen LogP contribution in [0, 0.1) is 6.92 Å². The molecular formula is C21H23N3O3. The van der Waals surface area contributed by atoms with E-state index in [1.54, 1.807) is 37.7 Å². The lowest BCUT2D eigenvalue weighted by Gasteiger charge is -2.17. The highest BCUT2D eigenvalue weighted by Crippen LogP contribution is 2.15. The van der Waals surface area contributed by atoms with Gasteiger partial charge in [-0.2, -0.15) is 0 Å². The van der Waals surface area contributed by atoms with E-state index in [2.05, 4.69) is 0 Å². The van der Waals surface area contributed by atoms with E-state index in [-0.39, 0.29) is 17.0 Å². The third-order valence-electron chi connectivity index (χ3n) is 4.69. The Labute approximate surface area is 158 Å². The van der Waals surface area contributed by atoms with E-state index >= 15 is 0 Å². The van der Waals surface area contributed by atoms with Gasteiger partial charge in [-0.1, -0.05) is 30.3 Å². The zero-order valence-corrected chi connectivity index (χ0v) is 16.0. The van der Waals surface area contributed by atoms with Crippen molar-refractivity contribution in [1.82, 2.24) is 14.3 Å². The first-order valence-corrected chi connectivity index (χ1v) is 8.66. The minimum Gasteiger partial charge on any atom is -0.497 e. The molecule has 6 nitrogen and oxygen atoms in total. The van der Waals surface area contributed by atoms with Crippen molar-refractivity contribution in [2.24, 2.45) is 7.05 Å². The van der Waals surface area contributed by atoms with Gasteiger partial charge in [-0.15, -0.1) is 0 Å². The largest absolute Gasteiger partial charge is 0.497 e. The molecule has 0 atom stereocenters. The Morgan fingerprint density at radius 2 is 1.70 bits per heavy atom. The third-order valence-corrected chi connectivity index (χ3v) is 4.69. The molecule has 0 spiro atoms. The minimum atomic E-state index is -0.312. The zero-order valence-electron chi connectivity index (χ0n) is 16.0. The Morgan fingerprint density at radius 3 is 2.30 bits per heavy atom. The standard InChI is InChI=1S/C21H23N3O3/c1-15-19(21(26)24(23(15)3)17-8-6-5-7-9-17)20(25)22(2)14-16-10-12-18(27-4)13-11-16/h5-13H,14H2,1-4H3. The number of para-hydroxylation sites is 1. The van der Waals surface area contributed by atoms with Gasteiger partial charge in [0.15, 0.2) is 0 Å². The lowest BCUT2D eigenvalue weighted by Crippen LogP contribution is -2.31. The first-order valence-electron chi connectivity index (χ1n) is 8.66. The van der Waals surface area contributed by atoms with Crippen LogP contribution in [0.5, 0.6) is 5.75 Å². The molecule has 0 aliphatic carbocycles. The van der Waals surface area contributed by atoms with Crippen molar-refractivity contribution in [3.63, 3.8) is 0 Å². The van der Waals surface area contributed by atoms with Crippen LogP contribution in [0.1, 0.15) is 21.6 Å². The van der Waals surface area contributed by atoms with Crippen molar-refractivity contribution in [1.29, 1.82) is 0 Å².